The van der Waals surface area contributed by atoms with Gasteiger partial charge in [-0.15, -0.1) is 0 Å². The zero-order chi connectivity index (χ0) is 11.6. The Bertz CT molecular complexity index is 323. The van der Waals surface area contributed by atoms with Crippen molar-refractivity contribution >= 4 is 9.84 Å². The van der Waals surface area contributed by atoms with Gasteiger partial charge in [0.1, 0.15) is 0 Å². The van der Waals surface area contributed by atoms with Crippen LogP contribution in [0.4, 0.5) is 0 Å². The zero-order valence-corrected chi connectivity index (χ0v) is 10.8. The first-order valence-electron chi connectivity index (χ1n) is 6.30. The summed E-state index contributed by atoms with van der Waals surface area (Å²) in [5.74, 6) is 0.673. The molecule has 0 radical (unpaired) electrons. The van der Waals surface area contributed by atoms with Crippen molar-refractivity contribution in [2.24, 2.45) is 0 Å². The topological polar surface area (TPSA) is 49.4 Å². The van der Waals surface area contributed by atoms with Crippen LogP contribution in [0.15, 0.2) is 0 Å². The zero-order valence-electron chi connectivity index (χ0n) is 9.98. The van der Waals surface area contributed by atoms with Gasteiger partial charge in [-0.25, -0.2) is 8.42 Å². The molecule has 16 heavy (non-hydrogen) atoms. The van der Waals surface area contributed by atoms with Crippen LogP contribution >= 0.6 is 0 Å². The van der Waals surface area contributed by atoms with E-state index in [1.807, 2.05) is 6.92 Å². The number of hydrogen-bond acceptors (Lipinski definition) is 4. The largest absolute Gasteiger partial charge is 0.312 e. The molecule has 2 saturated heterocycles. The molecule has 0 amide bonds. The maximum Gasteiger partial charge on any atom is 0.153 e. The summed E-state index contributed by atoms with van der Waals surface area (Å²) < 4.78 is 23.4. The predicted octanol–water partition coefficient (Wildman–Crippen LogP) is 0.247. The van der Waals surface area contributed by atoms with Crippen LogP contribution in [-0.2, 0) is 9.84 Å². The molecule has 0 aliphatic carbocycles. The van der Waals surface area contributed by atoms with Gasteiger partial charge in [-0.3, -0.25) is 4.90 Å². The van der Waals surface area contributed by atoms with Crippen molar-refractivity contribution in [2.45, 2.75) is 38.3 Å². The van der Waals surface area contributed by atoms with Crippen LogP contribution in [-0.4, -0.2) is 56.5 Å². The third-order valence-electron chi connectivity index (χ3n) is 3.65. The lowest BCUT2D eigenvalue weighted by Gasteiger charge is -2.35. The van der Waals surface area contributed by atoms with E-state index in [1.165, 1.54) is 19.3 Å². The highest BCUT2D eigenvalue weighted by Crippen LogP contribution is 2.22. The second-order valence-electron chi connectivity index (χ2n) is 4.91. The van der Waals surface area contributed by atoms with Crippen LogP contribution in [0.5, 0.6) is 0 Å². The normalized spacial score (nSPS) is 35.3. The number of likely N-dealkylation sites (N-methyl/N-ethyl adjacent to an activating group) is 1. The summed E-state index contributed by atoms with van der Waals surface area (Å²) in [5.41, 5.74) is 0. The number of rotatable bonds is 3. The van der Waals surface area contributed by atoms with E-state index in [0.29, 0.717) is 11.5 Å². The van der Waals surface area contributed by atoms with Gasteiger partial charge in [-0.1, -0.05) is 13.3 Å². The lowest BCUT2D eigenvalue weighted by atomic mass is 10.1. The van der Waals surface area contributed by atoms with E-state index in [-0.39, 0.29) is 12.1 Å². The first kappa shape index (κ1) is 12.3. The Hall–Kier alpha value is -0.130. The third kappa shape index (κ3) is 2.76. The lowest BCUT2D eigenvalue weighted by molar-refractivity contribution is 0.156. The molecule has 2 aliphatic heterocycles. The highest BCUT2D eigenvalue weighted by molar-refractivity contribution is 7.91. The summed E-state index contributed by atoms with van der Waals surface area (Å²) in [4.78, 5) is 2.38. The Kier molecular flexibility index (Phi) is 3.87. The average molecular weight is 246 g/mol. The van der Waals surface area contributed by atoms with Gasteiger partial charge >= 0.3 is 0 Å². The molecule has 0 spiro atoms. The Morgan fingerprint density at radius 1 is 1.19 bits per heavy atom. The molecule has 2 aliphatic rings. The Morgan fingerprint density at radius 2 is 1.88 bits per heavy atom. The highest BCUT2D eigenvalue weighted by Gasteiger charge is 2.40. The molecular weight excluding hydrogens is 224 g/mol. The van der Waals surface area contributed by atoms with Crippen molar-refractivity contribution < 1.29 is 8.42 Å². The molecule has 2 heterocycles. The predicted molar refractivity (Wildman–Crippen MR) is 65.3 cm³/mol. The van der Waals surface area contributed by atoms with Crippen molar-refractivity contribution in [1.29, 1.82) is 0 Å². The monoisotopic (exact) mass is 246 g/mol. The molecule has 5 heteroatoms. The van der Waals surface area contributed by atoms with E-state index in [1.54, 1.807) is 0 Å². The fourth-order valence-electron chi connectivity index (χ4n) is 2.90. The maximum absolute atomic E-state index is 11.7. The number of hydrogen-bond donors (Lipinski definition) is 1. The summed E-state index contributed by atoms with van der Waals surface area (Å²) in [6.07, 6.45) is 3.73. The molecule has 0 bridgehead atoms. The Balaban J connectivity index is 2.05. The van der Waals surface area contributed by atoms with E-state index >= 15 is 0 Å². The van der Waals surface area contributed by atoms with E-state index < -0.39 is 9.84 Å². The third-order valence-corrected chi connectivity index (χ3v) is 5.37. The molecule has 1 N–H and O–H groups in total. The molecule has 0 aromatic heterocycles. The summed E-state index contributed by atoms with van der Waals surface area (Å²) in [6.45, 7) is 5.03. The standard InChI is InChI=1S/C11H22N2O2S/c1-2-12-10-8-16(14,15)9-11(10)13-6-4-3-5-7-13/h10-12H,2-9H2,1H3/t10-,11-/m1/s1. The van der Waals surface area contributed by atoms with E-state index in [2.05, 4.69) is 10.2 Å². The highest BCUT2D eigenvalue weighted by atomic mass is 32.2. The molecule has 2 fully saturated rings. The van der Waals surface area contributed by atoms with E-state index in [0.717, 1.165) is 19.6 Å². The second kappa shape index (κ2) is 5.02. The van der Waals surface area contributed by atoms with Crippen LogP contribution in [0.1, 0.15) is 26.2 Å². The Labute approximate surface area is 98.3 Å². The molecule has 2 rings (SSSR count). The van der Waals surface area contributed by atoms with Gasteiger partial charge in [0.2, 0.25) is 0 Å². The second-order valence-corrected chi connectivity index (χ2v) is 7.06. The summed E-state index contributed by atoms with van der Waals surface area (Å²) in [6, 6.07) is 0.360. The molecule has 94 valence electrons. The van der Waals surface area contributed by atoms with Gasteiger partial charge in [0.05, 0.1) is 11.5 Å². The minimum Gasteiger partial charge on any atom is -0.312 e. The summed E-state index contributed by atoms with van der Waals surface area (Å²) in [5, 5.41) is 3.33. The van der Waals surface area contributed by atoms with Gasteiger partial charge in [0.15, 0.2) is 9.84 Å². The molecule has 0 aromatic carbocycles. The van der Waals surface area contributed by atoms with Crippen molar-refractivity contribution in [3.8, 4) is 0 Å². The summed E-state index contributed by atoms with van der Waals surface area (Å²) >= 11 is 0. The van der Waals surface area contributed by atoms with Gasteiger partial charge < -0.3 is 5.32 Å². The van der Waals surface area contributed by atoms with Crippen LogP contribution in [0.25, 0.3) is 0 Å². The molecule has 2 atom stereocenters. The van der Waals surface area contributed by atoms with Crippen molar-refractivity contribution in [3.63, 3.8) is 0 Å². The number of nitrogens with one attached hydrogen (secondary N) is 1. The SMILES string of the molecule is CCN[C@@H]1CS(=O)(=O)C[C@H]1N1CCCCC1. The Morgan fingerprint density at radius 3 is 2.50 bits per heavy atom. The van der Waals surface area contributed by atoms with Crippen LogP contribution in [0.2, 0.25) is 0 Å². The maximum atomic E-state index is 11.7. The number of likely N-dealkylation sites (tertiary alicyclic amines) is 1. The quantitative estimate of drug-likeness (QED) is 0.775. The molecule has 0 aromatic rings. The van der Waals surface area contributed by atoms with Crippen molar-refractivity contribution in [3.05, 3.63) is 0 Å². The van der Waals surface area contributed by atoms with Crippen LogP contribution in [0, 0.1) is 0 Å². The van der Waals surface area contributed by atoms with Crippen LogP contribution < -0.4 is 5.32 Å². The van der Waals surface area contributed by atoms with Gasteiger partial charge in [-0.05, 0) is 32.5 Å². The fraction of sp³-hybridized carbons (Fsp3) is 1.00. The smallest absolute Gasteiger partial charge is 0.153 e. The molecule has 0 unspecified atom stereocenters. The number of sulfone groups is 1. The molecule has 4 nitrogen and oxygen atoms in total. The van der Waals surface area contributed by atoms with Gasteiger partial charge in [0, 0.05) is 12.1 Å². The fourth-order valence-corrected chi connectivity index (χ4v) is 4.88. The summed E-state index contributed by atoms with van der Waals surface area (Å²) in [7, 11) is -2.82. The first-order valence-corrected chi connectivity index (χ1v) is 8.12. The first-order chi connectivity index (χ1) is 7.62. The number of piperidine rings is 1. The van der Waals surface area contributed by atoms with Crippen molar-refractivity contribution in [1.82, 2.24) is 10.2 Å². The van der Waals surface area contributed by atoms with E-state index in [4.69, 9.17) is 0 Å². The number of nitrogens with zero attached hydrogens (tertiary/aromatic N) is 1. The lowest BCUT2D eigenvalue weighted by Crippen LogP contribution is -2.50. The van der Waals surface area contributed by atoms with E-state index in [9.17, 15) is 8.42 Å². The molecular formula is C11H22N2O2S. The van der Waals surface area contributed by atoms with Gasteiger partial charge in [0.25, 0.3) is 0 Å². The molecule has 0 saturated carbocycles. The van der Waals surface area contributed by atoms with Crippen molar-refractivity contribution in [2.75, 3.05) is 31.1 Å². The van der Waals surface area contributed by atoms with Crippen LogP contribution in [0.3, 0.4) is 0 Å². The van der Waals surface area contributed by atoms with Gasteiger partial charge in [-0.2, -0.15) is 0 Å². The minimum absolute atomic E-state index is 0.146. The average Bonchev–Trinajstić information content (AvgIpc) is 2.56. The minimum atomic E-state index is -2.82.